The van der Waals surface area contributed by atoms with Gasteiger partial charge in [-0.25, -0.2) is 13.1 Å². The first kappa shape index (κ1) is 15.9. The van der Waals surface area contributed by atoms with Crippen molar-refractivity contribution in [1.29, 1.82) is 0 Å². The van der Waals surface area contributed by atoms with Crippen molar-refractivity contribution in [3.8, 4) is 0 Å². The summed E-state index contributed by atoms with van der Waals surface area (Å²) in [7, 11) is -0.319. The molecule has 0 aromatic heterocycles. The van der Waals surface area contributed by atoms with Gasteiger partial charge in [0.25, 0.3) is 5.91 Å². The summed E-state index contributed by atoms with van der Waals surface area (Å²) in [6.07, 6.45) is 1.55. The Morgan fingerprint density at radius 1 is 1.29 bits per heavy atom. The predicted molar refractivity (Wildman–Crippen MR) is 80.7 cm³/mol. The smallest absolute Gasteiger partial charge is 0.253 e. The Labute approximate surface area is 125 Å². The van der Waals surface area contributed by atoms with Gasteiger partial charge in [-0.3, -0.25) is 4.79 Å². The van der Waals surface area contributed by atoms with E-state index < -0.39 is 10.0 Å². The third-order valence-electron chi connectivity index (χ3n) is 3.46. The van der Waals surface area contributed by atoms with Crippen molar-refractivity contribution < 1.29 is 13.2 Å². The molecule has 1 aliphatic heterocycles. The second kappa shape index (κ2) is 6.55. The highest BCUT2D eigenvalue weighted by atomic mass is 32.2. The molecule has 2 rings (SSSR count). The van der Waals surface area contributed by atoms with Crippen LogP contribution in [0.15, 0.2) is 29.2 Å². The maximum atomic E-state index is 12.4. The van der Waals surface area contributed by atoms with E-state index in [0.717, 1.165) is 25.9 Å². The highest BCUT2D eigenvalue weighted by Gasteiger charge is 2.22. The summed E-state index contributed by atoms with van der Waals surface area (Å²) in [5.74, 6) is -0.214. The highest BCUT2D eigenvalue weighted by Crippen LogP contribution is 2.15. The molecule has 1 fully saturated rings. The van der Waals surface area contributed by atoms with Crippen LogP contribution in [0.2, 0.25) is 0 Å². The van der Waals surface area contributed by atoms with Crippen LogP contribution < -0.4 is 10.0 Å². The van der Waals surface area contributed by atoms with Crippen molar-refractivity contribution in [3.63, 3.8) is 0 Å². The van der Waals surface area contributed by atoms with Crippen molar-refractivity contribution in [2.24, 2.45) is 0 Å². The van der Waals surface area contributed by atoms with Crippen LogP contribution in [0.3, 0.4) is 0 Å². The molecule has 0 unspecified atom stereocenters. The van der Waals surface area contributed by atoms with E-state index in [2.05, 4.69) is 10.0 Å². The quantitative estimate of drug-likeness (QED) is 0.845. The first-order chi connectivity index (χ1) is 9.90. The van der Waals surface area contributed by atoms with Crippen LogP contribution in [0.4, 0.5) is 0 Å². The Kier molecular flexibility index (Phi) is 4.97. The molecular formula is C14H21N3O3S. The van der Waals surface area contributed by atoms with Gasteiger partial charge < -0.3 is 10.2 Å². The average Bonchev–Trinajstić information content (AvgIpc) is 2.47. The van der Waals surface area contributed by atoms with E-state index in [0.29, 0.717) is 5.56 Å². The maximum absolute atomic E-state index is 12.4. The van der Waals surface area contributed by atoms with Gasteiger partial charge in [-0.2, -0.15) is 0 Å². The molecule has 0 spiro atoms. The summed E-state index contributed by atoms with van der Waals surface area (Å²) in [6, 6.07) is 6.09. The fraction of sp³-hybridized carbons (Fsp3) is 0.500. The minimum Gasteiger partial charge on any atom is -0.345 e. The lowest BCUT2D eigenvalue weighted by Gasteiger charge is -2.23. The minimum atomic E-state index is -3.59. The Balaban J connectivity index is 2.19. The number of piperidine rings is 1. The zero-order valence-corrected chi connectivity index (χ0v) is 13.1. The van der Waals surface area contributed by atoms with Crippen LogP contribution in [0.1, 0.15) is 23.2 Å². The fourth-order valence-corrected chi connectivity index (χ4v) is 3.63. The number of hydrogen-bond donors (Lipinski definition) is 2. The minimum absolute atomic E-state index is 0.0514. The standard InChI is InChI=1S/C14H21N3O3S/c1-17(2)14(18)11-4-3-5-13(10-11)21(19,20)16-12-6-8-15-9-7-12/h3-5,10,12,15-16H,6-9H2,1-2H3. The molecule has 1 aliphatic rings. The normalized spacial score (nSPS) is 16.7. The largest absolute Gasteiger partial charge is 0.345 e. The predicted octanol–water partition coefficient (Wildman–Crippen LogP) is 0.419. The summed E-state index contributed by atoms with van der Waals surface area (Å²) in [6.45, 7) is 1.62. The molecule has 0 atom stereocenters. The van der Waals surface area contributed by atoms with Gasteiger partial charge >= 0.3 is 0 Å². The topological polar surface area (TPSA) is 78.5 Å². The lowest BCUT2D eigenvalue weighted by atomic mass is 10.1. The molecule has 0 aliphatic carbocycles. The average molecular weight is 311 g/mol. The molecule has 6 nitrogen and oxygen atoms in total. The molecular weight excluding hydrogens is 290 g/mol. The third-order valence-corrected chi connectivity index (χ3v) is 4.98. The van der Waals surface area contributed by atoms with Gasteiger partial charge in [0.1, 0.15) is 0 Å². The first-order valence-electron chi connectivity index (χ1n) is 6.95. The van der Waals surface area contributed by atoms with Crippen LogP contribution in [-0.2, 0) is 10.0 Å². The van der Waals surface area contributed by atoms with Crippen LogP contribution >= 0.6 is 0 Å². The van der Waals surface area contributed by atoms with E-state index in [1.165, 1.54) is 17.0 Å². The molecule has 2 N–H and O–H groups in total. The van der Waals surface area contributed by atoms with Crippen molar-refractivity contribution in [1.82, 2.24) is 14.9 Å². The molecule has 7 heteroatoms. The van der Waals surface area contributed by atoms with Gasteiger partial charge in [0, 0.05) is 25.7 Å². The van der Waals surface area contributed by atoms with E-state index in [-0.39, 0.29) is 16.8 Å². The second-order valence-corrected chi connectivity index (χ2v) is 7.09. The van der Waals surface area contributed by atoms with Gasteiger partial charge in [0.15, 0.2) is 0 Å². The van der Waals surface area contributed by atoms with Gasteiger partial charge in [-0.05, 0) is 44.1 Å². The number of benzene rings is 1. The Hall–Kier alpha value is -1.44. The second-order valence-electron chi connectivity index (χ2n) is 5.37. The summed E-state index contributed by atoms with van der Waals surface area (Å²) in [5.41, 5.74) is 0.369. The van der Waals surface area contributed by atoms with Crippen LogP contribution in [0, 0.1) is 0 Å². The SMILES string of the molecule is CN(C)C(=O)c1cccc(S(=O)(=O)NC2CCNCC2)c1. The molecule has 0 radical (unpaired) electrons. The summed E-state index contributed by atoms with van der Waals surface area (Å²) in [4.78, 5) is 13.5. The lowest BCUT2D eigenvalue weighted by Crippen LogP contribution is -2.42. The number of nitrogens with one attached hydrogen (secondary N) is 2. The summed E-state index contributed by atoms with van der Waals surface area (Å²) >= 11 is 0. The molecule has 1 heterocycles. The fourth-order valence-electron chi connectivity index (χ4n) is 2.28. The third kappa shape index (κ3) is 4.03. The monoisotopic (exact) mass is 311 g/mol. The number of carbonyl (C=O) groups excluding carboxylic acids is 1. The first-order valence-corrected chi connectivity index (χ1v) is 8.43. The Morgan fingerprint density at radius 3 is 2.57 bits per heavy atom. The number of amides is 1. The van der Waals surface area contributed by atoms with E-state index in [4.69, 9.17) is 0 Å². The zero-order chi connectivity index (χ0) is 15.5. The Morgan fingerprint density at radius 2 is 1.95 bits per heavy atom. The van der Waals surface area contributed by atoms with Gasteiger partial charge in [-0.15, -0.1) is 0 Å². The number of rotatable bonds is 4. The van der Waals surface area contributed by atoms with E-state index >= 15 is 0 Å². The number of hydrogen-bond acceptors (Lipinski definition) is 4. The zero-order valence-electron chi connectivity index (χ0n) is 12.3. The van der Waals surface area contributed by atoms with Crippen LogP contribution in [0.25, 0.3) is 0 Å². The van der Waals surface area contributed by atoms with Crippen molar-refractivity contribution in [3.05, 3.63) is 29.8 Å². The molecule has 21 heavy (non-hydrogen) atoms. The van der Waals surface area contributed by atoms with E-state index in [1.807, 2.05) is 0 Å². The van der Waals surface area contributed by atoms with E-state index in [1.54, 1.807) is 26.2 Å². The number of carbonyl (C=O) groups is 1. The highest BCUT2D eigenvalue weighted by molar-refractivity contribution is 7.89. The van der Waals surface area contributed by atoms with Crippen molar-refractivity contribution in [2.45, 2.75) is 23.8 Å². The summed E-state index contributed by atoms with van der Waals surface area (Å²) in [5, 5.41) is 3.19. The lowest BCUT2D eigenvalue weighted by molar-refractivity contribution is 0.0827. The van der Waals surface area contributed by atoms with Gasteiger partial charge in [0.05, 0.1) is 4.90 Å². The molecule has 1 saturated heterocycles. The molecule has 0 bridgehead atoms. The van der Waals surface area contributed by atoms with Crippen LogP contribution in [-0.4, -0.2) is 52.5 Å². The number of nitrogens with zero attached hydrogens (tertiary/aromatic N) is 1. The van der Waals surface area contributed by atoms with Crippen LogP contribution in [0.5, 0.6) is 0 Å². The molecule has 116 valence electrons. The van der Waals surface area contributed by atoms with Crippen molar-refractivity contribution >= 4 is 15.9 Å². The van der Waals surface area contributed by atoms with Gasteiger partial charge in [0.2, 0.25) is 10.0 Å². The Bertz CT molecular complexity index is 608. The molecule has 1 amide bonds. The number of sulfonamides is 1. The maximum Gasteiger partial charge on any atom is 0.253 e. The molecule has 0 saturated carbocycles. The van der Waals surface area contributed by atoms with Gasteiger partial charge in [-0.1, -0.05) is 6.07 Å². The molecule has 1 aromatic carbocycles. The summed E-state index contributed by atoms with van der Waals surface area (Å²) < 4.78 is 27.5. The van der Waals surface area contributed by atoms with E-state index in [9.17, 15) is 13.2 Å². The molecule has 1 aromatic rings. The van der Waals surface area contributed by atoms with Crippen molar-refractivity contribution in [2.75, 3.05) is 27.2 Å².